The molecule has 1 aromatic carbocycles. The van der Waals surface area contributed by atoms with Gasteiger partial charge in [-0.1, -0.05) is 6.92 Å². The lowest BCUT2D eigenvalue weighted by Gasteiger charge is -2.43. The molecule has 2 saturated heterocycles. The van der Waals surface area contributed by atoms with Gasteiger partial charge in [0.2, 0.25) is 5.95 Å². The van der Waals surface area contributed by atoms with E-state index < -0.39 is 7.14 Å². The molecule has 0 spiro atoms. The summed E-state index contributed by atoms with van der Waals surface area (Å²) in [5.74, 6) is 1.60. The summed E-state index contributed by atoms with van der Waals surface area (Å²) in [4.78, 5) is 16.9. The zero-order valence-corrected chi connectivity index (χ0v) is 29.0. The second kappa shape index (κ2) is 13.2. The second-order valence-electron chi connectivity index (χ2n) is 12.1. The van der Waals surface area contributed by atoms with Crippen LogP contribution >= 0.6 is 23.1 Å². The molecule has 15 heteroatoms. The molecule has 0 aliphatic carbocycles. The van der Waals surface area contributed by atoms with Crippen LogP contribution in [0.25, 0.3) is 5.65 Å². The first kappa shape index (κ1) is 31.7. The summed E-state index contributed by atoms with van der Waals surface area (Å²) in [7, 11) is 1.14. The quantitative estimate of drug-likeness (QED) is 0.243. The number of nitrogens with one attached hydrogen (secondary N) is 2. The average molecular weight is 699 g/mol. The van der Waals surface area contributed by atoms with Crippen LogP contribution in [-0.4, -0.2) is 112 Å². The van der Waals surface area contributed by atoms with Gasteiger partial charge in [0.15, 0.2) is 5.65 Å². The zero-order valence-electron chi connectivity index (χ0n) is 26.5. The van der Waals surface area contributed by atoms with E-state index in [1.165, 1.54) is 34.9 Å². The Balaban J connectivity index is 1.22. The lowest BCUT2D eigenvalue weighted by molar-refractivity contribution is 0.0982. The number of hydrogen-bond acceptors (Lipinski definition) is 12. The summed E-state index contributed by atoms with van der Waals surface area (Å²) < 4.78 is 21.3. The minimum absolute atomic E-state index is 0.385. The summed E-state index contributed by atoms with van der Waals surface area (Å²) in [6, 6.07) is 4.94. The Kier molecular flexibility index (Phi) is 9.28. The molecule has 13 nitrogen and oxygen atoms in total. The van der Waals surface area contributed by atoms with E-state index in [0.29, 0.717) is 38.9 Å². The van der Waals surface area contributed by atoms with Crippen LogP contribution < -0.4 is 25.6 Å². The molecule has 2 N–H and O–H groups in total. The highest BCUT2D eigenvalue weighted by Crippen LogP contribution is 2.40. The van der Waals surface area contributed by atoms with Gasteiger partial charge in [0.1, 0.15) is 25.0 Å². The van der Waals surface area contributed by atoms with Crippen molar-refractivity contribution in [1.29, 1.82) is 0 Å². The number of piperazine rings is 1. The Bertz CT molecular complexity index is 1710. The maximum atomic E-state index is 13.3. The first-order valence-corrected chi connectivity index (χ1v) is 18.7. The van der Waals surface area contributed by atoms with E-state index in [2.05, 4.69) is 87.6 Å². The number of aryl methyl sites for hydroxylation is 1. The lowest BCUT2D eigenvalue weighted by Crippen LogP contribution is -2.52. The smallest absolute Gasteiger partial charge is 0.229 e. The number of piperidine rings is 1. The Morgan fingerprint density at radius 3 is 2.49 bits per heavy atom. The number of hydrogen-bond donors (Lipinski definition) is 2. The van der Waals surface area contributed by atoms with Crippen LogP contribution in [0.4, 0.5) is 28.8 Å². The normalized spacial score (nSPS) is 17.2. The second-order valence-corrected chi connectivity index (χ2v) is 16.1. The largest absolute Gasteiger partial charge is 0.494 e. The number of methoxy groups -OCH3 is 1. The fourth-order valence-electron chi connectivity index (χ4n) is 6.27. The first-order chi connectivity index (χ1) is 21.6. The monoisotopic (exact) mass is 697 g/mol. The van der Waals surface area contributed by atoms with Crippen LogP contribution in [0.5, 0.6) is 5.75 Å². The van der Waals surface area contributed by atoms with Crippen molar-refractivity contribution >= 4 is 62.9 Å². The summed E-state index contributed by atoms with van der Waals surface area (Å²) in [5, 5.41) is 19.6. The molecule has 45 heavy (non-hydrogen) atoms. The number of nitrogens with zero attached hydrogens (tertiary/aromatic N) is 9. The molecule has 2 aliphatic rings. The molecular weight excluding hydrogens is 657 g/mol. The van der Waals surface area contributed by atoms with Crippen molar-refractivity contribution < 1.29 is 9.30 Å². The van der Waals surface area contributed by atoms with E-state index in [0.717, 1.165) is 57.1 Å². The molecular formula is C30H41BrN11O2P. The minimum Gasteiger partial charge on any atom is -0.494 e. The molecule has 2 aliphatic heterocycles. The van der Waals surface area contributed by atoms with E-state index in [4.69, 9.17) is 9.72 Å². The van der Waals surface area contributed by atoms with Gasteiger partial charge in [0.05, 0.1) is 34.5 Å². The van der Waals surface area contributed by atoms with Gasteiger partial charge >= 0.3 is 0 Å². The van der Waals surface area contributed by atoms with Gasteiger partial charge < -0.3 is 29.7 Å². The van der Waals surface area contributed by atoms with Crippen LogP contribution in [0.15, 0.2) is 35.3 Å². The van der Waals surface area contributed by atoms with Gasteiger partial charge in [-0.15, -0.1) is 10.2 Å². The van der Waals surface area contributed by atoms with Crippen LogP contribution in [0.3, 0.4) is 0 Å². The van der Waals surface area contributed by atoms with Gasteiger partial charge in [-0.25, -0.2) is 4.98 Å². The molecule has 6 rings (SSSR count). The van der Waals surface area contributed by atoms with Crippen molar-refractivity contribution in [3.05, 3.63) is 40.9 Å². The van der Waals surface area contributed by atoms with Crippen molar-refractivity contribution in [2.75, 3.05) is 82.3 Å². The van der Waals surface area contributed by atoms with Crippen molar-refractivity contribution in [2.45, 2.75) is 32.2 Å². The van der Waals surface area contributed by atoms with Crippen molar-refractivity contribution in [1.82, 2.24) is 39.6 Å². The lowest BCUT2D eigenvalue weighted by atomic mass is 9.99. The van der Waals surface area contributed by atoms with Crippen LogP contribution in [0.2, 0.25) is 0 Å². The molecule has 4 aromatic rings. The third-order valence-corrected chi connectivity index (χ3v) is 10.8. The number of aromatic nitrogens is 6. The number of rotatable bonds is 9. The third-order valence-electron chi connectivity index (χ3n) is 8.73. The van der Waals surface area contributed by atoms with Crippen LogP contribution in [-0.2, 0) is 11.0 Å². The third kappa shape index (κ3) is 6.79. The molecule has 3 aromatic heterocycles. The predicted molar refractivity (Wildman–Crippen MR) is 183 cm³/mol. The Morgan fingerprint density at radius 1 is 1.04 bits per heavy atom. The van der Waals surface area contributed by atoms with E-state index in [1.54, 1.807) is 32.8 Å². The highest BCUT2D eigenvalue weighted by Gasteiger charge is 2.28. The summed E-state index contributed by atoms with van der Waals surface area (Å²) in [6.07, 6.45) is 7.99. The standard InChI is InChI=1S/C30H41BrN11O2P/c1-6-20-15-23(26(44-3)16-25(20)41-9-7-21(8-10-41)40-13-11-39(2)12-14-40)36-30-32-17-22(31)28(37-30)35-24-18-34-42-19-33-38-29(42)27(24)45(4,5)43/h15-19,21H,6-14H2,1-5H3,(H2,32,35,36,37). The number of ether oxygens (including phenoxy) is 1. The highest BCUT2D eigenvalue weighted by atomic mass is 79.9. The SMILES string of the molecule is CCc1cc(Nc2ncc(Br)c(Nc3cnn4cnnc4c3P(C)(C)=O)n2)c(OC)cc1N1CCC(N2CCN(C)CC2)CC1. The summed E-state index contributed by atoms with van der Waals surface area (Å²) in [6.45, 7) is 12.3. The average Bonchev–Trinajstić information content (AvgIpc) is 3.51. The summed E-state index contributed by atoms with van der Waals surface area (Å²) in [5.41, 5.74) is 4.24. The number of fused-ring (bicyclic) bond motifs is 1. The first-order valence-electron chi connectivity index (χ1n) is 15.3. The van der Waals surface area contributed by atoms with Crippen LogP contribution in [0.1, 0.15) is 25.3 Å². The molecule has 0 saturated carbocycles. The Labute approximate surface area is 272 Å². The number of benzene rings is 1. The van der Waals surface area contributed by atoms with E-state index in [-0.39, 0.29) is 0 Å². The predicted octanol–water partition coefficient (Wildman–Crippen LogP) is 4.20. The van der Waals surface area contributed by atoms with Gasteiger partial charge in [-0.3, -0.25) is 4.90 Å². The van der Waals surface area contributed by atoms with Gasteiger partial charge in [-0.2, -0.15) is 14.6 Å². The Morgan fingerprint density at radius 2 is 1.80 bits per heavy atom. The Hall–Kier alpha value is -3.32. The fraction of sp³-hybridized carbons (Fsp3) is 0.500. The van der Waals surface area contributed by atoms with Crippen molar-refractivity contribution in [2.24, 2.45) is 0 Å². The van der Waals surface area contributed by atoms with Gasteiger partial charge in [0.25, 0.3) is 0 Å². The molecule has 0 atom stereocenters. The molecule has 2 fully saturated rings. The molecule has 0 radical (unpaired) electrons. The maximum Gasteiger partial charge on any atom is 0.229 e. The molecule has 5 heterocycles. The topological polar surface area (TPSA) is 129 Å². The van der Waals surface area contributed by atoms with Gasteiger partial charge in [-0.05, 0) is 67.2 Å². The van der Waals surface area contributed by atoms with Crippen molar-refractivity contribution in [3.8, 4) is 5.75 Å². The van der Waals surface area contributed by atoms with Crippen LogP contribution in [0, 0.1) is 0 Å². The minimum atomic E-state index is -2.76. The van der Waals surface area contributed by atoms with Gasteiger partial charge in [0, 0.05) is 63.3 Å². The van der Waals surface area contributed by atoms with E-state index >= 15 is 0 Å². The van der Waals surface area contributed by atoms with E-state index in [9.17, 15) is 4.57 Å². The molecule has 0 amide bonds. The highest BCUT2D eigenvalue weighted by molar-refractivity contribution is 9.10. The molecule has 240 valence electrons. The maximum absolute atomic E-state index is 13.3. The number of halogens is 1. The molecule has 0 bridgehead atoms. The fourth-order valence-corrected chi connectivity index (χ4v) is 7.89. The number of anilines is 5. The zero-order chi connectivity index (χ0) is 31.7. The van der Waals surface area contributed by atoms with Crippen molar-refractivity contribution in [3.63, 3.8) is 0 Å². The molecule has 0 unspecified atom stereocenters. The number of likely N-dealkylation sites (N-methyl/N-ethyl adjacent to an activating group) is 1. The summed E-state index contributed by atoms with van der Waals surface area (Å²) >= 11 is 3.55. The van der Waals surface area contributed by atoms with E-state index in [1.807, 2.05) is 0 Å².